The molecule has 1 fully saturated rings. The van der Waals surface area contributed by atoms with Gasteiger partial charge in [0.05, 0.1) is 17.1 Å². The summed E-state index contributed by atoms with van der Waals surface area (Å²) in [5.41, 5.74) is 3.78. The van der Waals surface area contributed by atoms with Gasteiger partial charge in [0.25, 0.3) is 0 Å². The van der Waals surface area contributed by atoms with Gasteiger partial charge in [-0.3, -0.25) is 4.79 Å². The molecule has 3 aliphatic rings. The van der Waals surface area contributed by atoms with E-state index in [9.17, 15) is 13.2 Å². The Bertz CT molecular complexity index is 2080. The lowest BCUT2D eigenvalue weighted by Crippen LogP contribution is -2.39. The molecule has 3 aromatic heterocycles. The molecule has 4 heterocycles. The number of methoxy groups -OCH3 is 1. The molecule has 48 heavy (non-hydrogen) atoms. The van der Waals surface area contributed by atoms with Gasteiger partial charge >= 0.3 is 0 Å². The highest BCUT2D eigenvalue weighted by Gasteiger charge is 2.45. The van der Waals surface area contributed by atoms with Gasteiger partial charge in [0, 0.05) is 47.7 Å². The van der Waals surface area contributed by atoms with Gasteiger partial charge in [0.1, 0.15) is 22.1 Å². The fraction of sp³-hybridized carbons (Fsp3) is 0.400. The van der Waals surface area contributed by atoms with Crippen molar-refractivity contribution in [2.75, 3.05) is 46.0 Å². The first-order valence-corrected chi connectivity index (χ1v) is 18.6. The number of nitrogens with zero attached hydrogens (tertiary/aromatic N) is 5. The predicted octanol–water partition coefficient (Wildman–Crippen LogP) is 6.16. The van der Waals surface area contributed by atoms with E-state index in [1.54, 1.807) is 43.5 Å². The average molecular weight is 708 g/mol. The number of rotatable bonds is 10. The van der Waals surface area contributed by atoms with E-state index in [4.69, 9.17) is 21.1 Å². The fourth-order valence-electron chi connectivity index (χ4n) is 6.74. The van der Waals surface area contributed by atoms with E-state index in [0.29, 0.717) is 41.3 Å². The van der Waals surface area contributed by atoms with Gasteiger partial charge in [0.2, 0.25) is 15.9 Å². The second-order valence-electron chi connectivity index (χ2n) is 13.1. The number of allylic oxidation sites excluding steroid dienone is 3. The summed E-state index contributed by atoms with van der Waals surface area (Å²) in [6.45, 7) is 2.80. The van der Waals surface area contributed by atoms with Crippen LogP contribution >= 0.6 is 22.9 Å². The molecule has 1 aliphatic heterocycles. The molecule has 1 saturated carbocycles. The van der Waals surface area contributed by atoms with Crippen LogP contribution in [0.1, 0.15) is 48.1 Å². The quantitative estimate of drug-likeness (QED) is 0.181. The number of carbonyl (C=O) groups is 1. The molecule has 0 radical (unpaired) electrons. The van der Waals surface area contributed by atoms with Gasteiger partial charge in [-0.1, -0.05) is 23.7 Å². The number of amides is 1. The van der Waals surface area contributed by atoms with Crippen LogP contribution in [-0.4, -0.2) is 79.0 Å². The van der Waals surface area contributed by atoms with Crippen LogP contribution in [0.5, 0.6) is 0 Å². The number of hydrogen-bond acceptors (Lipinski definition) is 9. The zero-order valence-corrected chi connectivity index (χ0v) is 29.8. The Hall–Kier alpha value is -3.39. The van der Waals surface area contributed by atoms with Gasteiger partial charge in [0.15, 0.2) is 5.65 Å². The number of anilines is 1. The Morgan fingerprint density at radius 3 is 2.69 bits per heavy atom. The number of thiazole rings is 1. The minimum Gasteiger partial charge on any atom is -0.359 e. The van der Waals surface area contributed by atoms with E-state index in [-0.39, 0.29) is 19.1 Å². The zero-order chi connectivity index (χ0) is 33.8. The number of fused-ring (bicyclic) bond motifs is 2. The summed E-state index contributed by atoms with van der Waals surface area (Å²) < 4.78 is 40.8. The topological polar surface area (TPSA) is 107 Å². The van der Waals surface area contributed by atoms with Gasteiger partial charge in [-0.2, -0.15) is 0 Å². The van der Waals surface area contributed by atoms with Crippen molar-refractivity contribution in [3.05, 3.63) is 81.4 Å². The zero-order valence-electron chi connectivity index (χ0n) is 27.4. The molecule has 1 atom stereocenters. The Morgan fingerprint density at radius 2 is 1.98 bits per heavy atom. The van der Waals surface area contributed by atoms with Crippen molar-refractivity contribution >= 4 is 61.2 Å². The van der Waals surface area contributed by atoms with E-state index < -0.39 is 20.4 Å². The van der Waals surface area contributed by atoms with Crippen molar-refractivity contribution in [1.29, 1.82) is 0 Å². The first kappa shape index (κ1) is 33.1. The number of benzene rings is 1. The highest BCUT2D eigenvalue weighted by molar-refractivity contribution is 7.91. The van der Waals surface area contributed by atoms with E-state index >= 15 is 0 Å². The molecule has 1 amide bonds. The van der Waals surface area contributed by atoms with Gasteiger partial charge in [-0.25, -0.2) is 22.4 Å². The van der Waals surface area contributed by atoms with Crippen LogP contribution in [0, 0.1) is 0 Å². The summed E-state index contributed by atoms with van der Waals surface area (Å²) in [5.74, 6) is 0.0326. The number of carbonyl (C=O) groups excluding carboxylic acids is 1. The lowest BCUT2D eigenvalue weighted by Gasteiger charge is -2.39. The number of likely N-dealkylation sites (N-methyl/N-ethyl adjacent to an activating group) is 1. The Balaban J connectivity index is 1.23. The van der Waals surface area contributed by atoms with Crippen LogP contribution in [0.15, 0.2) is 66.0 Å². The van der Waals surface area contributed by atoms with E-state index in [0.717, 1.165) is 51.5 Å². The molecule has 0 bridgehead atoms. The molecule has 2 aliphatic carbocycles. The molecular formula is C35H38ClN5O5S2. The number of ether oxygens (including phenoxy) is 2. The Labute approximate surface area is 289 Å². The summed E-state index contributed by atoms with van der Waals surface area (Å²) in [6, 6.07) is 11.3. The van der Waals surface area contributed by atoms with Crippen LogP contribution < -0.4 is 4.90 Å². The maximum atomic E-state index is 14.8. The largest absolute Gasteiger partial charge is 0.359 e. The second-order valence-corrected chi connectivity index (χ2v) is 16.8. The van der Waals surface area contributed by atoms with Crippen molar-refractivity contribution in [3.8, 4) is 11.3 Å². The maximum Gasteiger partial charge on any atom is 0.250 e. The first-order chi connectivity index (χ1) is 23.0. The lowest BCUT2D eigenvalue weighted by molar-refractivity contribution is -0.171. The monoisotopic (exact) mass is 707 g/mol. The van der Waals surface area contributed by atoms with Gasteiger partial charge in [-0.15, -0.1) is 11.3 Å². The van der Waals surface area contributed by atoms with E-state index in [1.165, 1.54) is 15.3 Å². The molecule has 10 nitrogen and oxygen atoms in total. The third kappa shape index (κ3) is 5.52. The van der Waals surface area contributed by atoms with E-state index in [1.807, 2.05) is 55.4 Å². The van der Waals surface area contributed by atoms with Crippen molar-refractivity contribution in [1.82, 2.24) is 18.8 Å². The summed E-state index contributed by atoms with van der Waals surface area (Å²) in [4.78, 5) is 26.6. The van der Waals surface area contributed by atoms with Crippen LogP contribution in [0.3, 0.4) is 0 Å². The lowest BCUT2D eigenvalue weighted by atomic mass is 9.80. The highest BCUT2D eigenvalue weighted by Crippen LogP contribution is 2.49. The molecule has 1 aromatic carbocycles. The van der Waals surface area contributed by atoms with Crippen molar-refractivity contribution in [3.63, 3.8) is 0 Å². The SMILES string of the molecule is COCOC1(c2ncc(C3=CCC(C)(S(=O)(=O)n4c(-c5ccc6c(c5)CCN6C(=O)CN(C)C)cc5cccnc54)C=C3Cl)s2)CCC1. The molecule has 0 spiro atoms. The molecule has 4 aromatic rings. The van der Waals surface area contributed by atoms with Crippen LogP contribution in [0.25, 0.3) is 27.9 Å². The third-order valence-electron chi connectivity index (χ3n) is 9.55. The number of hydrogen-bond donors (Lipinski definition) is 0. The van der Waals surface area contributed by atoms with Gasteiger partial charge < -0.3 is 19.3 Å². The van der Waals surface area contributed by atoms with Gasteiger partial charge in [-0.05, 0) is 101 Å². The maximum absolute atomic E-state index is 14.8. The summed E-state index contributed by atoms with van der Waals surface area (Å²) >= 11 is 8.45. The number of halogens is 1. The molecule has 0 N–H and O–H groups in total. The normalized spacial score (nSPS) is 20.5. The van der Waals surface area contributed by atoms with Crippen LogP contribution in [0.2, 0.25) is 0 Å². The second kappa shape index (κ2) is 12.5. The van der Waals surface area contributed by atoms with E-state index in [2.05, 4.69) is 9.97 Å². The predicted molar refractivity (Wildman–Crippen MR) is 190 cm³/mol. The smallest absolute Gasteiger partial charge is 0.250 e. The van der Waals surface area contributed by atoms with Crippen molar-refractivity contribution in [2.24, 2.45) is 0 Å². The first-order valence-electron chi connectivity index (χ1n) is 15.9. The molecule has 7 rings (SSSR count). The highest BCUT2D eigenvalue weighted by atomic mass is 35.5. The molecule has 13 heteroatoms. The Kier molecular flexibility index (Phi) is 8.62. The summed E-state index contributed by atoms with van der Waals surface area (Å²) in [5, 5.41) is 1.94. The molecule has 1 unspecified atom stereocenters. The number of pyridine rings is 1. The van der Waals surface area contributed by atoms with Crippen molar-refractivity contribution < 1.29 is 22.7 Å². The summed E-state index contributed by atoms with van der Waals surface area (Å²) in [6.07, 6.45) is 10.6. The number of aromatic nitrogens is 3. The molecule has 252 valence electrons. The fourth-order valence-corrected chi connectivity index (χ4v) is 10.2. The summed E-state index contributed by atoms with van der Waals surface area (Å²) in [7, 11) is 1.24. The van der Waals surface area contributed by atoms with Crippen LogP contribution in [0.4, 0.5) is 5.69 Å². The Morgan fingerprint density at radius 1 is 1.17 bits per heavy atom. The minimum atomic E-state index is -4.10. The molecular weight excluding hydrogens is 670 g/mol. The third-order valence-corrected chi connectivity index (χ3v) is 13.4. The van der Waals surface area contributed by atoms with Crippen molar-refractivity contribution in [2.45, 2.75) is 49.4 Å². The standard InChI is InChI=1S/C35H38ClN5O5S2/c1-34(14-10-26(27(36)19-34)30-20-38-33(47-30)35(12-6-13-35)46-22-45-4)48(43,44)41-29(18-25-7-5-15-37-32(25)41)23-8-9-28-24(17-23)11-16-40(28)31(42)21-39(2)3/h5,7-10,15,17-20H,6,11-14,16,21-22H2,1-4H3. The average Bonchev–Trinajstić information content (AvgIpc) is 3.77. The minimum absolute atomic E-state index is 0.0326. The molecule has 0 saturated heterocycles. The van der Waals surface area contributed by atoms with Crippen LogP contribution in [-0.2, 0) is 36.3 Å².